The highest BCUT2D eigenvalue weighted by molar-refractivity contribution is 8.59. The lowest BCUT2D eigenvalue weighted by atomic mass is 11.0. The van der Waals surface area contributed by atoms with E-state index in [2.05, 4.69) is 24.1 Å². The standard InChI is InChI=1S/C2H6.H3O2PS2/c1-2;1-3(2,4)5/h1-2H3;(H3,1,2,4,5). The second kappa shape index (κ2) is 5.06. The van der Waals surface area contributed by atoms with Gasteiger partial charge in [-0.25, -0.2) is 0 Å². The van der Waals surface area contributed by atoms with Crippen LogP contribution in [0.4, 0.5) is 0 Å². The first-order valence-corrected chi connectivity index (χ1v) is 5.64. The van der Waals surface area contributed by atoms with Gasteiger partial charge in [0.1, 0.15) is 0 Å². The van der Waals surface area contributed by atoms with Gasteiger partial charge in [-0.15, -0.1) is 0 Å². The van der Waals surface area contributed by atoms with E-state index in [9.17, 15) is 0 Å². The molecular weight excluding hydrogens is 151 g/mol. The first-order valence-electron chi connectivity index (χ1n) is 1.78. The Morgan fingerprint density at radius 1 is 1.43 bits per heavy atom. The van der Waals surface area contributed by atoms with Crippen LogP contribution >= 0.6 is 17.9 Å². The van der Waals surface area contributed by atoms with E-state index < -0.39 is 5.69 Å². The van der Waals surface area contributed by atoms with Crippen LogP contribution in [0.15, 0.2) is 0 Å². The molecule has 0 fully saturated rings. The Morgan fingerprint density at radius 3 is 1.43 bits per heavy atom. The van der Waals surface area contributed by atoms with Gasteiger partial charge >= 0.3 is 0 Å². The smallest absolute Gasteiger partial charge is 0.239 e. The predicted molar refractivity (Wildman–Crippen MR) is 39.1 cm³/mol. The molecule has 46 valence electrons. The summed E-state index contributed by atoms with van der Waals surface area (Å²) in [5, 5.41) is 0. The van der Waals surface area contributed by atoms with Gasteiger partial charge in [0.25, 0.3) is 0 Å². The van der Waals surface area contributed by atoms with Gasteiger partial charge in [-0.3, -0.25) is 0 Å². The van der Waals surface area contributed by atoms with Crippen molar-refractivity contribution < 1.29 is 9.79 Å². The van der Waals surface area contributed by atoms with E-state index in [1.54, 1.807) is 0 Å². The van der Waals surface area contributed by atoms with Crippen LogP contribution in [0, 0.1) is 0 Å². The van der Waals surface area contributed by atoms with Gasteiger partial charge in [-0.1, -0.05) is 26.1 Å². The molecule has 2 nitrogen and oxygen atoms in total. The van der Waals surface area contributed by atoms with E-state index >= 15 is 0 Å². The zero-order valence-corrected chi connectivity index (χ0v) is 6.80. The third-order valence-corrected chi connectivity index (χ3v) is 0. The zero-order chi connectivity index (χ0) is 6.50. The molecule has 0 amide bonds. The highest BCUT2D eigenvalue weighted by Crippen LogP contribution is 2.39. The van der Waals surface area contributed by atoms with Crippen LogP contribution < -0.4 is 0 Å². The molecule has 0 aliphatic carbocycles. The number of hydrogen-bond acceptors (Lipinski definition) is 1. The van der Waals surface area contributed by atoms with E-state index in [0.717, 1.165) is 0 Å². The maximum absolute atomic E-state index is 7.87. The third-order valence-electron chi connectivity index (χ3n) is 0. The molecule has 0 heterocycles. The van der Waals surface area contributed by atoms with Crippen molar-refractivity contribution in [3.63, 3.8) is 0 Å². The molecule has 0 aliphatic rings. The molecular formula is C2H9O2PS2. The highest BCUT2D eigenvalue weighted by Gasteiger charge is 1.90. The van der Waals surface area contributed by atoms with Crippen LogP contribution in [0.2, 0.25) is 0 Å². The minimum Gasteiger partial charge on any atom is -0.338 e. The summed E-state index contributed by atoms with van der Waals surface area (Å²) in [5.74, 6) is 0. The lowest BCUT2D eigenvalue weighted by molar-refractivity contribution is 0.503. The summed E-state index contributed by atoms with van der Waals surface area (Å²) in [6, 6.07) is 0. The molecule has 0 bridgehead atoms. The third kappa shape index (κ3) is 198. The SMILES string of the molecule is CC.OP(O)(=S)S. The molecule has 0 unspecified atom stereocenters. The van der Waals surface area contributed by atoms with Crippen LogP contribution in [-0.4, -0.2) is 9.79 Å². The minimum atomic E-state index is -3.11. The molecule has 0 saturated heterocycles. The molecule has 0 aromatic carbocycles. The van der Waals surface area contributed by atoms with Crippen molar-refractivity contribution in [3.8, 4) is 0 Å². The van der Waals surface area contributed by atoms with Gasteiger partial charge in [0, 0.05) is 0 Å². The molecule has 0 saturated carbocycles. The van der Waals surface area contributed by atoms with E-state index in [-0.39, 0.29) is 0 Å². The lowest BCUT2D eigenvalue weighted by Crippen LogP contribution is -1.53. The Hall–Kier alpha value is 0.920. The van der Waals surface area contributed by atoms with Gasteiger partial charge in [0.2, 0.25) is 5.69 Å². The van der Waals surface area contributed by atoms with Gasteiger partial charge in [0.05, 0.1) is 0 Å². The van der Waals surface area contributed by atoms with Crippen LogP contribution in [0.25, 0.3) is 0 Å². The van der Waals surface area contributed by atoms with Crippen molar-refractivity contribution in [2.75, 3.05) is 0 Å². The van der Waals surface area contributed by atoms with E-state index in [1.165, 1.54) is 0 Å². The van der Waals surface area contributed by atoms with Crippen molar-refractivity contribution in [1.29, 1.82) is 0 Å². The Labute approximate surface area is 53.9 Å². The molecule has 7 heavy (non-hydrogen) atoms. The zero-order valence-electron chi connectivity index (χ0n) is 4.20. The average Bonchev–Trinajstić information content (AvgIpc) is 1.36. The molecule has 0 spiro atoms. The van der Waals surface area contributed by atoms with Crippen molar-refractivity contribution in [1.82, 2.24) is 0 Å². The van der Waals surface area contributed by atoms with Gasteiger partial charge in [-0.2, -0.15) is 0 Å². The van der Waals surface area contributed by atoms with Crippen LogP contribution in [0.3, 0.4) is 0 Å². The summed E-state index contributed by atoms with van der Waals surface area (Å²) in [6.07, 6.45) is 0. The maximum atomic E-state index is 7.87. The van der Waals surface area contributed by atoms with Gasteiger partial charge in [0.15, 0.2) is 0 Å². The second-order valence-electron chi connectivity index (χ2n) is 0.513. The van der Waals surface area contributed by atoms with Gasteiger partial charge < -0.3 is 9.79 Å². The maximum Gasteiger partial charge on any atom is 0.239 e. The largest absolute Gasteiger partial charge is 0.338 e. The number of thiol groups is 1. The monoisotopic (exact) mass is 160 g/mol. The summed E-state index contributed by atoms with van der Waals surface area (Å²) < 4.78 is 0. The first-order chi connectivity index (χ1) is 3.00. The van der Waals surface area contributed by atoms with Crippen LogP contribution in [0.1, 0.15) is 13.8 Å². The molecule has 0 radical (unpaired) electrons. The van der Waals surface area contributed by atoms with Gasteiger partial charge in [-0.05, 0) is 11.8 Å². The first kappa shape index (κ1) is 10.8. The Bertz CT molecular complexity index is 59.8. The summed E-state index contributed by atoms with van der Waals surface area (Å²) in [4.78, 5) is 15.7. The fourth-order valence-corrected chi connectivity index (χ4v) is 0. The molecule has 0 aromatic rings. The summed E-state index contributed by atoms with van der Waals surface area (Å²) in [7, 11) is 0. The second-order valence-corrected chi connectivity index (χ2v) is 5.55. The van der Waals surface area contributed by atoms with Crippen molar-refractivity contribution in [2.45, 2.75) is 13.8 Å². The van der Waals surface area contributed by atoms with E-state index in [4.69, 9.17) is 9.79 Å². The molecule has 0 aromatic heterocycles. The van der Waals surface area contributed by atoms with Crippen molar-refractivity contribution in [2.24, 2.45) is 0 Å². The summed E-state index contributed by atoms with van der Waals surface area (Å²) >= 11 is 7.07. The summed E-state index contributed by atoms with van der Waals surface area (Å²) in [5.41, 5.74) is -3.11. The topological polar surface area (TPSA) is 40.5 Å². The van der Waals surface area contributed by atoms with Crippen molar-refractivity contribution in [3.05, 3.63) is 0 Å². The van der Waals surface area contributed by atoms with E-state index in [1.807, 2.05) is 13.8 Å². The number of rotatable bonds is 0. The average molecular weight is 160 g/mol. The van der Waals surface area contributed by atoms with Crippen LogP contribution in [0.5, 0.6) is 0 Å². The molecule has 0 atom stereocenters. The quantitative estimate of drug-likeness (QED) is 0.368. The Kier molecular flexibility index (Phi) is 7.83. The van der Waals surface area contributed by atoms with Crippen LogP contribution in [-0.2, 0) is 11.8 Å². The molecule has 2 N–H and O–H groups in total. The molecule has 5 heteroatoms. The minimum absolute atomic E-state index is 2.00. The summed E-state index contributed by atoms with van der Waals surface area (Å²) in [6.45, 7) is 4.00. The molecule has 0 rings (SSSR count). The fourth-order valence-electron chi connectivity index (χ4n) is 0. The fraction of sp³-hybridized carbons (Fsp3) is 1.00. The Balaban J connectivity index is 0. The number of hydrogen-bond donors (Lipinski definition) is 3. The van der Waals surface area contributed by atoms with E-state index in [0.29, 0.717) is 0 Å². The highest BCUT2D eigenvalue weighted by atomic mass is 32.9. The predicted octanol–water partition coefficient (Wildman–Crippen LogP) is 1.15. The molecule has 0 aliphatic heterocycles. The Morgan fingerprint density at radius 2 is 1.43 bits per heavy atom. The van der Waals surface area contributed by atoms with Crippen molar-refractivity contribution >= 4 is 29.7 Å². The lowest BCUT2D eigenvalue weighted by Gasteiger charge is -1.88. The normalized spacial score (nSPS) is 9.29.